The van der Waals surface area contributed by atoms with E-state index < -0.39 is 41.7 Å². The highest BCUT2D eigenvalue weighted by molar-refractivity contribution is 6.33. The quantitative estimate of drug-likeness (QED) is 0.523. The van der Waals surface area contributed by atoms with E-state index in [4.69, 9.17) is 21.1 Å². The van der Waals surface area contributed by atoms with Crippen LogP contribution < -0.4 is 10.6 Å². The van der Waals surface area contributed by atoms with E-state index in [1.54, 1.807) is 24.3 Å². The predicted octanol–water partition coefficient (Wildman–Crippen LogP) is 2.66. The Morgan fingerprint density at radius 2 is 1.97 bits per heavy atom. The van der Waals surface area contributed by atoms with Gasteiger partial charge in [-0.1, -0.05) is 51.4 Å². The van der Waals surface area contributed by atoms with Gasteiger partial charge in [0.25, 0.3) is 5.91 Å². The zero-order chi connectivity index (χ0) is 25.8. The van der Waals surface area contributed by atoms with E-state index in [9.17, 15) is 19.2 Å². The van der Waals surface area contributed by atoms with E-state index in [1.807, 2.05) is 27.7 Å². The van der Waals surface area contributed by atoms with E-state index in [-0.39, 0.29) is 28.8 Å². The van der Waals surface area contributed by atoms with Gasteiger partial charge in [-0.25, -0.2) is 0 Å². The van der Waals surface area contributed by atoms with Crippen molar-refractivity contribution in [2.24, 2.45) is 5.41 Å². The molecule has 3 rings (SSSR count). The SMILES string of the molecule is CCCO[C@@H]1OC(=O)C[C@H]1NC(=O)[C@@H]1CCCN1C(=O)[C@@H](NC(=O)c1ccccc1Cl)C(C)(C)C. The summed E-state index contributed by atoms with van der Waals surface area (Å²) < 4.78 is 10.7. The van der Waals surface area contributed by atoms with E-state index in [1.165, 1.54) is 4.90 Å². The minimum atomic E-state index is -0.878. The second-order valence-electron chi connectivity index (χ2n) is 9.99. The monoisotopic (exact) mass is 507 g/mol. The summed E-state index contributed by atoms with van der Waals surface area (Å²) in [4.78, 5) is 53.0. The maximum atomic E-state index is 13.6. The smallest absolute Gasteiger partial charge is 0.310 e. The Balaban J connectivity index is 1.73. The van der Waals surface area contributed by atoms with Crippen LogP contribution in [0.1, 0.15) is 63.7 Å². The number of hydrogen-bond acceptors (Lipinski definition) is 6. The summed E-state index contributed by atoms with van der Waals surface area (Å²) in [6, 6.07) is 4.42. The first-order valence-corrected chi connectivity index (χ1v) is 12.4. The van der Waals surface area contributed by atoms with Crippen molar-refractivity contribution in [2.45, 2.75) is 77.8 Å². The van der Waals surface area contributed by atoms with Crippen LogP contribution in [0.5, 0.6) is 0 Å². The predicted molar refractivity (Wildman–Crippen MR) is 130 cm³/mol. The Hall–Kier alpha value is -2.65. The van der Waals surface area contributed by atoms with E-state index in [0.29, 0.717) is 26.0 Å². The molecular formula is C25H34ClN3O6. The number of nitrogens with zero attached hydrogens (tertiary/aromatic N) is 1. The summed E-state index contributed by atoms with van der Waals surface area (Å²) >= 11 is 6.17. The van der Waals surface area contributed by atoms with Crippen LogP contribution in [0.25, 0.3) is 0 Å². The number of carbonyl (C=O) groups excluding carboxylic acids is 4. The van der Waals surface area contributed by atoms with Crippen molar-refractivity contribution >= 4 is 35.3 Å². The van der Waals surface area contributed by atoms with E-state index in [0.717, 1.165) is 6.42 Å². The number of hydrogen-bond donors (Lipinski definition) is 2. The standard InChI is InChI=1S/C25H34ClN3O6/c1-5-13-34-24-17(14-19(30)35-24)27-22(32)18-11-8-12-29(18)23(33)20(25(2,3)4)28-21(31)15-9-6-7-10-16(15)26/h6-7,9-10,17-18,20,24H,5,8,11-14H2,1-4H3,(H,27,32)(H,28,31)/t17-,18+,20-,24-/m1/s1. The lowest BCUT2D eigenvalue weighted by atomic mass is 9.85. The van der Waals surface area contributed by atoms with Crippen molar-refractivity contribution in [3.05, 3.63) is 34.9 Å². The van der Waals surface area contributed by atoms with Gasteiger partial charge >= 0.3 is 5.97 Å². The maximum absolute atomic E-state index is 13.6. The highest BCUT2D eigenvalue weighted by Gasteiger charge is 2.44. The first kappa shape index (κ1) is 26.9. The number of likely N-dealkylation sites (tertiary alicyclic amines) is 1. The number of halogens is 1. The van der Waals surface area contributed by atoms with Gasteiger partial charge in [0.15, 0.2) is 0 Å². The average molecular weight is 508 g/mol. The van der Waals surface area contributed by atoms with Gasteiger partial charge in [0, 0.05) is 6.54 Å². The molecule has 1 aromatic rings. The zero-order valence-electron chi connectivity index (χ0n) is 20.6. The van der Waals surface area contributed by atoms with Crippen molar-refractivity contribution < 1.29 is 28.7 Å². The molecule has 35 heavy (non-hydrogen) atoms. The molecular weight excluding hydrogens is 474 g/mol. The minimum absolute atomic E-state index is 0.0132. The Morgan fingerprint density at radius 1 is 1.26 bits per heavy atom. The van der Waals surface area contributed by atoms with Crippen LogP contribution in [0, 0.1) is 5.41 Å². The third-order valence-electron chi connectivity index (χ3n) is 6.12. The molecule has 1 aromatic carbocycles. The van der Waals surface area contributed by atoms with Crippen LogP contribution in [0.4, 0.5) is 0 Å². The van der Waals surface area contributed by atoms with Crippen LogP contribution >= 0.6 is 11.6 Å². The van der Waals surface area contributed by atoms with Gasteiger partial charge in [0.05, 0.1) is 23.6 Å². The number of amides is 3. The molecule has 0 aliphatic carbocycles. The van der Waals surface area contributed by atoms with Gasteiger partial charge in [-0.15, -0.1) is 0 Å². The van der Waals surface area contributed by atoms with E-state index >= 15 is 0 Å². The summed E-state index contributed by atoms with van der Waals surface area (Å²) in [6.07, 6.45) is 1.05. The number of nitrogens with one attached hydrogen (secondary N) is 2. The fourth-order valence-electron chi connectivity index (χ4n) is 4.29. The molecule has 2 heterocycles. The highest BCUT2D eigenvalue weighted by Crippen LogP contribution is 2.27. The van der Waals surface area contributed by atoms with Crippen molar-refractivity contribution in [3.8, 4) is 0 Å². The molecule has 2 saturated heterocycles. The molecule has 10 heteroatoms. The second kappa shape index (κ2) is 11.4. The third-order valence-corrected chi connectivity index (χ3v) is 6.45. The molecule has 0 saturated carbocycles. The summed E-state index contributed by atoms with van der Waals surface area (Å²) in [5.74, 6) is -1.60. The zero-order valence-corrected chi connectivity index (χ0v) is 21.4. The fourth-order valence-corrected chi connectivity index (χ4v) is 4.51. The highest BCUT2D eigenvalue weighted by atomic mass is 35.5. The second-order valence-corrected chi connectivity index (χ2v) is 10.4. The van der Waals surface area contributed by atoms with Gasteiger partial charge in [0.1, 0.15) is 18.1 Å². The van der Waals surface area contributed by atoms with Crippen molar-refractivity contribution in [1.82, 2.24) is 15.5 Å². The van der Waals surface area contributed by atoms with Crippen molar-refractivity contribution in [3.63, 3.8) is 0 Å². The first-order valence-electron chi connectivity index (χ1n) is 12.0. The number of ether oxygens (including phenoxy) is 2. The Bertz CT molecular complexity index is 963. The summed E-state index contributed by atoms with van der Waals surface area (Å²) in [5, 5.41) is 5.96. The fraction of sp³-hybridized carbons (Fsp3) is 0.600. The third kappa shape index (κ3) is 6.52. The van der Waals surface area contributed by atoms with Crippen LogP contribution in [0.15, 0.2) is 24.3 Å². The number of benzene rings is 1. The van der Waals surface area contributed by atoms with Gasteiger partial charge in [-0.2, -0.15) is 0 Å². The Morgan fingerprint density at radius 3 is 2.63 bits per heavy atom. The van der Waals surface area contributed by atoms with Gasteiger partial charge < -0.3 is 25.0 Å². The molecule has 0 spiro atoms. The largest absolute Gasteiger partial charge is 0.433 e. The van der Waals surface area contributed by atoms with Crippen LogP contribution in [-0.4, -0.2) is 66.2 Å². The first-order chi connectivity index (χ1) is 16.5. The number of carbonyl (C=O) groups is 4. The molecule has 0 bridgehead atoms. The lowest BCUT2D eigenvalue weighted by molar-refractivity contribution is -0.165. The van der Waals surface area contributed by atoms with Gasteiger partial charge in [-0.05, 0) is 36.8 Å². The number of cyclic esters (lactones) is 1. The average Bonchev–Trinajstić information content (AvgIpc) is 3.41. The minimum Gasteiger partial charge on any atom is -0.433 e. The number of esters is 1. The lowest BCUT2D eigenvalue weighted by Crippen LogP contribution is -2.58. The van der Waals surface area contributed by atoms with Gasteiger partial charge in [-0.3, -0.25) is 19.2 Å². The Labute approximate surface area is 210 Å². The van der Waals surface area contributed by atoms with Crippen LogP contribution in [0.3, 0.4) is 0 Å². The van der Waals surface area contributed by atoms with Crippen LogP contribution in [-0.2, 0) is 23.9 Å². The van der Waals surface area contributed by atoms with Crippen LogP contribution in [0.2, 0.25) is 5.02 Å². The number of rotatable bonds is 8. The summed E-state index contributed by atoms with van der Waals surface area (Å²) in [5.41, 5.74) is -0.349. The summed E-state index contributed by atoms with van der Waals surface area (Å²) in [6.45, 7) is 8.28. The molecule has 0 aromatic heterocycles. The Kier molecular flexibility index (Phi) is 8.77. The molecule has 192 valence electrons. The molecule has 2 fully saturated rings. The molecule has 9 nitrogen and oxygen atoms in total. The normalized spacial score (nSPS) is 23.1. The topological polar surface area (TPSA) is 114 Å². The maximum Gasteiger partial charge on any atom is 0.310 e. The molecule has 0 radical (unpaired) electrons. The lowest BCUT2D eigenvalue weighted by Gasteiger charge is -2.35. The molecule has 2 aliphatic rings. The van der Waals surface area contributed by atoms with E-state index in [2.05, 4.69) is 10.6 Å². The van der Waals surface area contributed by atoms with Gasteiger partial charge in [0.2, 0.25) is 18.1 Å². The van der Waals surface area contributed by atoms with Crippen molar-refractivity contribution in [1.29, 1.82) is 0 Å². The molecule has 2 N–H and O–H groups in total. The molecule has 2 aliphatic heterocycles. The molecule has 4 atom stereocenters. The molecule has 3 amide bonds. The molecule has 0 unspecified atom stereocenters. The summed E-state index contributed by atoms with van der Waals surface area (Å²) in [7, 11) is 0. The van der Waals surface area contributed by atoms with Crippen molar-refractivity contribution in [2.75, 3.05) is 13.2 Å².